The van der Waals surface area contributed by atoms with Gasteiger partial charge in [-0.2, -0.15) is 0 Å². The Balaban J connectivity index is 1.44. The summed E-state index contributed by atoms with van der Waals surface area (Å²) in [4.78, 5) is 13.6. The van der Waals surface area contributed by atoms with Gasteiger partial charge in [-0.1, -0.05) is 0 Å². The molecule has 0 spiro atoms. The van der Waals surface area contributed by atoms with E-state index in [0.29, 0.717) is 36.3 Å². The van der Waals surface area contributed by atoms with Crippen LogP contribution in [0.5, 0.6) is 0 Å². The number of nitrogens with one attached hydrogen (secondary N) is 2. The smallest absolute Gasteiger partial charge is 0.151 e. The quantitative estimate of drug-likeness (QED) is 0.779. The van der Waals surface area contributed by atoms with Crippen LogP contribution < -0.4 is 10.6 Å². The first kappa shape index (κ1) is 15.7. The van der Waals surface area contributed by atoms with Gasteiger partial charge in [0.2, 0.25) is 0 Å². The molecule has 1 aliphatic carbocycles. The van der Waals surface area contributed by atoms with E-state index in [4.69, 9.17) is 0 Å². The fraction of sp³-hybridized carbons (Fsp3) is 0.833. The van der Waals surface area contributed by atoms with Gasteiger partial charge < -0.3 is 10.1 Å². The predicted octanol–water partition coefficient (Wildman–Crippen LogP) is 1.83. The van der Waals surface area contributed by atoms with Gasteiger partial charge in [-0.15, -0.1) is 0 Å². The van der Waals surface area contributed by atoms with Crippen molar-refractivity contribution in [3.05, 3.63) is 11.4 Å². The Bertz CT molecular complexity index is 508. The highest BCUT2D eigenvalue weighted by atomic mass is 19.1. The van der Waals surface area contributed by atoms with Crippen LogP contribution in [-0.2, 0) is 4.79 Å². The van der Waals surface area contributed by atoms with E-state index >= 15 is 0 Å². The van der Waals surface area contributed by atoms with Crippen molar-refractivity contribution in [2.24, 2.45) is 17.8 Å². The lowest BCUT2D eigenvalue weighted by atomic mass is 9.74. The van der Waals surface area contributed by atoms with E-state index in [1.165, 1.54) is 12.8 Å². The second-order valence-corrected chi connectivity index (χ2v) is 7.96. The van der Waals surface area contributed by atoms with Gasteiger partial charge in [0, 0.05) is 25.2 Å². The maximum atomic E-state index is 13.7. The minimum Gasteiger partial charge on any atom is -0.313 e. The first-order valence-corrected chi connectivity index (χ1v) is 9.19. The van der Waals surface area contributed by atoms with Gasteiger partial charge in [0.05, 0.1) is 5.83 Å². The monoisotopic (exact) mass is 321 g/mol. The molecule has 2 N–H and O–H groups in total. The maximum Gasteiger partial charge on any atom is 0.151 e. The molecule has 3 fully saturated rings. The van der Waals surface area contributed by atoms with Crippen LogP contribution in [0.25, 0.3) is 0 Å². The molecule has 0 radical (unpaired) electrons. The lowest BCUT2D eigenvalue weighted by Crippen LogP contribution is -2.42. The van der Waals surface area contributed by atoms with Crippen LogP contribution >= 0.6 is 0 Å². The number of hydrogen-bond donors (Lipinski definition) is 2. The van der Waals surface area contributed by atoms with E-state index in [2.05, 4.69) is 15.5 Å². The summed E-state index contributed by atoms with van der Waals surface area (Å²) in [6.07, 6.45) is 5.93. The van der Waals surface area contributed by atoms with Gasteiger partial charge in [-0.25, -0.2) is 4.39 Å². The molecule has 0 saturated carbocycles. The lowest BCUT2D eigenvalue weighted by Gasteiger charge is -2.34. The largest absolute Gasteiger partial charge is 0.313 e. The van der Waals surface area contributed by atoms with Crippen molar-refractivity contribution in [1.29, 1.82) is 0 Å². The summed E-state index contributed by atoms with van der Waals surface area (Å²) in [5.74, 6) is 2.07. The Morgan fingerprint density at radius 2 is 2.13 bits per heavy atom. The average molecular weight is 321 g/mol. The molecular formula is C18H28FN3O. The molecule has 23 heavy (non-hydrogen) atoms. The first-order chi connectivity index (χ1) is 11.2. The van der Waals surface area contributed by atoms with E-state index in [1.54, 1.807) is 0 Å². The fourth-order valence-electron chi connectivity index (χ4n) is 5.56. The van der Waals surface area contributed by atoms with Crippen molar-refractivity contribution in [1.82, 2.24) is 15.5 Å². The van der Waals surface area contributed by atoms with Gasteiger partial charge in [0.1, 0.15) is 6.17 Å². The second kappa shape index (κ2) is 6.26. The normalized spacial score (nSPS) is 44.8. The predicted molar refractivity (Wildman–Crippen MR) is 87.5 cm³/mol. The molecule has 0 bridgehead atoms. The number of halogens is 1. The van der Waals surface area contributed by atoms with Crippen LogP contribution in [0.2, 0.25) is 0 Å². The number of fused-ring (bicyclic) bond motifs is 1. The topological polar surface area (TPSA) is 44.4 Å². The third-order valence-electron chi connectivity index (χ3n) is 6.74. The molecule has 4 nitrogen and oxygen atoms in total. The second-order valence-electron chi connectivity index (χ2n) is 7.96. The molecule has 0 aromatic heterocycles. The number of aldehydes is 1. The highest BCUT2D eigenvalue weighted by Gasteiger charge is 2.47. The molecule has 4 rings (SSSR count). The number of carbonyl (C=O) groups is 1. The first-order valence-electron chi connectivity index (χ1n) is 9.19. The molecule has 0 aromatic carbocycles. The van der Waals surface area contributed by atoms with Crippen molar-refractivity contribution in [3.8, 4) is 0 Å². The third kappa shape index (κ3) is 2.77. The Labute approximate surface area is 137 Å². The molecule has 5 heteroatoms. The summed E-state index contributed by atoms with van der Waals surface area (Å²) in [5, 5.41) is 7.03. The Morgan fingerprint density at radius 1 is 1.26 bits per heavy atom. The molecule has 6 atom stereocenters. The van der Waals surface area contributed by atoms with E-state index < -0.39 is 0 Å². The molecule has 0 aromatic rings. The molecule has 0 amide bonds. The van der Waals surface area contributed by atoms with Crippen LogP contribution in [0, 0.1) is 17.8 Å². The van der Waals surface area contributed by atoms with Crippen molar-refractivity contribution in [3.63, 3.8) is 0 Å². The van der Waals surface area contributed by atoms with Crippen LogP contribution in [0.15, 0.2) is 11.4 Å². The summed E-state index contributed by atoms with van der Waals surface area (Å²) < 4.78 is 13.7. The summed E-state index contributed by atoms with van der Waals surface area (Å²) in [5.41, 5.74) is 0.964. The Morgan fingerprint density at radius 3 is 2.91 bits per heavy atom. The standard InChI is InChI=1S/C18H28FN3O/c1-11-6-12(2-3-16(11)19)18-15(4-5-20-18)13-7-14-8-21-17(10-23)22(14)9-13/h10,12-15,17-18,20-21H,2-9H2,1H3/t12?,13?,14?,15?,17-,18?/m0/s1. The number of nitrogens with zero attached hydrogens (tertiary/aromatic N) is 1. The molecule has 3 aliphatic heterocycles. The van der Waals surface area contributed by atoms with Crippen molar-refractivity contribution in [2.45, 2.75) is 57.3 Å². The van der Waals surface area contributed by atoms with E-state index in [9.17, 15) is 9.18 Å². The summed E-state index contributed by atoms with van der Waals surface area (Å²) in [6, 6.07) is 1.06. The highest BCUT2D eigenvalue weighted by molar-refractivity contribution is 5.57. The number of rotatable bonds is 3. The van der Waals surface area contributed by atoms with Gasteiger partial charge >= 0.3 is 0 Å². The molecular weight excluding hydrogens is 293 g/mol. The molecule has 3 saturated heterocycles. The minimum atomic E-state index is -0.0771. The minimum absolute atomic E-state index is 0.0771. The Kier molecular flexibility index (Phi) is 4.28. The number of carbonyl (C=O) groups excluding carboxylic acids is 1. The lowest BCUT2D eigenvalue weighted by molar-refractivity contribution is -0.112. The molecule has 3 heterocycles. The van der Waals surface area contributed by atoms with Gasteiger partial charge in [-0.05, 0) is 68.9 Å². The zero-order valence-corrected chi connectivity index (χ0v) is 13.9. The van der Waals surface area contributed by atoms with Gasteiger partial charge in [0.15, 0.2) is 6.29 Å². The summed E-state index contributed by atoms with van der Waals surface area (Å²) >= 11 is 0. The number of hydrogen-bond acceptors (Lipinski definition) is 4. The number of allylic oxidation sites excluding steroid dienone is 2. The van der Waals surface area contributed by atoms with Crippen molar-refractivity contribution < 1.29 is 9.18 Å². The van der Waals surface area contributed by atoms with Gasteiger partial charge in [0.25, 0.3) is 0 Å². The van der Waals surface area contributed by atoms with E-state index in [0.717, 1.165) is 44.3 Å². The SMILES string of the molecule is CC1=C(F)CCC(C2NCCC2C2CC3CN[C@H](C=O)N3C2)C1. The highest BCUT2D eigenvalue weighted by Crippen LogP contribution is 2.42. The van der Waals surface area contributed by atoms with Crippen molar-refractivity contribution in [2.75, 3.05) is 19.6 Å². The molecule has 5 unspecified atom stereocenters. The van der Waals surface area contributed by atoms with Gasteiger partial charge in [-0.3, -0.25) is 10.2 Å². The van der Waals surface area contributed by atoms with Crippen LogP contribution in [-0.4, -0.2) is 49.1 Å². The third-order valence-corrected chi connectivity index (χ3v) is 6.74. The van der Waals surface area contributed by atoms with E-state index in [-0.39, 0.29) is 12.0 Å². The average Bonchev–Trinajstić information content (AvgIpc) is 3.23. The zero-order valence-electron chi connectivity index (χ0n) is 13.9. The van der Waals surface area contributed by atoms with Crippen molar-refractivity contribution >= 4 is 6.29 Å². The maximum absolute atomic E-state index is 13.7. The Hall–Kier alpha value is -0.780. The molecule has 128 valence electrons. The van der Waals surface area contributed by atoms with Crippen LogP contribution in [0.4, 0.5) is 4.39 Å². The van der Waals surface area contributed by atoms with Crippen LogP contribution in [0.3, 0.4) is 0 Å². The fourth-order valence-corrected chi connectivity index (χ4v) is 5.56. The summed E-state index contributed by atoms with van der Waals surface area (Å²) in [6.45, 7) is 5.03. The van der Waals surface area contributed by atoms with E-state index in [1.807, 2.05) is 6.92 Å². The molecule has 4 aliphatic rings. The zero-order chi connectivity index (χ0) is 16.0. The van der Waals surface area contributed by atoms with Crippen LogP contribution in [0.1, 0.15) is 39.0 Å². The summed E-state index contributed by atoms with van der Waals surface area (Å²) in [7, 11) is 0.